The largest absolute Gasteiger partial charge is 0.377 e. The summed E-state index contributed by atoms with van der Waals surface area (Å²) in [7, 11) is 0. The van der Waals surface area contributed by atoms with Gasteiger partial charge in [-0.3, -0.25) is 9.59 Å². The van der Waals surface area contributed by atoms with Crippen molar-refractivity contribution in [2.75, 3.05) is 13.2 Å². The van der Waals surface area contributed by atoms with Crippen molar-refractivity contribution in [2.24, 2.45) is 0 Å². The number of carbonyl (C=O) groups is 2. The van der Waals surface area contributed by atoms with Crippen LogP contribution >= 0.6 is 0 Å². The Morgan fingerprint density at radius 1 is 1.41 bits per heavy atom. The summed E-state index contributed by atoms with van der Waals surface area (Å²) in [5.74, 6) is -0.0914. The summed E-state index contributed by atoms with van der Waals surface area (Å²) in [6.07, 6.45) is 0.575. The molecule has 0 aromatic carbocycles. The Labute approximate surface area is 102 Å². The molecule has 1 saturated heterocycles. The molecule has 17 heavy (non-hydrogen) atoms. The molecule has 1 fully saturated rings. The van der Waals surface area contributed by atoms with Gasteiger partial charge in [0.15, 0.2) is 0 Å². The fourth-order valence-corrected chi connectivity index (χ4v) is 2.03. The van der Waals surface area contributed by atoms with Gasteiger partial charge in [-0.05, 0) is 27.2 Å². The molecule has 5 nitrogen and oxygen atoms in total. The first-order chi connectivity index (χ1) is 8.01. The minimum absolute atomic E-state index is 0.00819. The van der Waals surface area contributed by atoms with E-state index in [4.69, 9.17) is 4.74 Å². The number of rotatable bonds is 5. The Balaban J connectivity index is 2.71. The van der Waals surface area contributed by atoms with Gasteiger partial charge in [-0.25, -0.2) is 0 Å². The quantitative estimate of drug-likeness (QED) is 0.765. The van der Waals surface area contributed by atoms with E-state index >= 15 is 0 Å². The predicted octanol–water partition coefficient (Wildman–Crippen LogP) is 0.537. The molecule has 1 aliphatic heterocycles. The van der Waals surface area contributed by atoms with Crippen molar-refractivity contribution >= 4 is 11.8 Å². The molecule has 0 aromatic heterocycles. The van der Waals surface area contributed by atoms with Gasteiger partial charge in [-0.15, -0.1) is 0 Å². The van der Waals surface area contributed by atoms with E-state index in [1.807, 2.05) is 20.8 Å². The maximum Gasteiger partial charge on any atom is 0.245 e. The zero-order valence-electron chi connectivity index (χ0n) is 11.0. The minimum atomic E-state index is -0.409. The standard InChI is InChI=1S/C12H22N2O3/c1-5-10-12(16)14(7-8(3)17-6-2)9(4)11(15)13-10/h8-10H,5-7H2,1-4H3,(H,13,15). The summed E-state index contributed by atoms with van der Waals surface area (Å²) in [5.41, 5.74) is 0. The Bertz CT molecular complexity index is 293. The summed E-state index contributed by atoms with van der Waals surface area (Å²) in [4.78, 5) is 25.4. The van der Waals surface area contributed by atoms with E-state index in [-0.39, 0.29) is 24.0 Å². The molecular formula is C12H22N2O3. The SMILES string of the molecule is CCOC(C)CN1C(=O)C(CC)NC(=O)C1C. The first-order valence-corrected chi connectivity index (χ1v) is 6.23. The summed E-state index contributed by atoms with van der Waals surface area (Å²) >= 11 is 0. The van der Waals surface area contributed by atoms with Gasteiger partial charge < -0.3 is 15.0 Å². The number of nitrogens with zero attached hydrogens (tertiary/aromatic N) is 1. The van der Waals surface area contributed by atoms with Crippen LogP contribution in [0.2, 0.25) is 0 Å². The number of hydrogen-bond donors (Lipinski definition) is 1. The van der Waals surface area contributed by atoms with E-state index in [2.05, 4.69) is 5.32 Å². The number of hydrogen-bond acceptors (Lipinski definition) is 3. The van der Waals surface area contributed by atoms with Gasteiger partial charge in [0.2, 0.25) is 11.8 Å². The molecule has 0 saturated carbocycles. The molecule has 3 unspecified atom stereocenters. The lowest BCUT2D eigenvalue weighted by molar-refractivity contribution is -0.150. The molecule has 2 amide bonds. The van der Waals surface area contributed by atoms with E-state index in [0.717, 1.165) is 0 Å². The second-order valence-corrected chi connectivity index (χ2v) is 4.40. The highest BCUT2D eigenvalue weighted by molar-refractivity contribution is 5.96. The van der Waals surface area contributed by atoms with E-state index in [0.29, 0.717) is 19.6 Å². The molecule has 0 spiro atoms. The summed E-state index contributed by atoms with van der Waals surface area (Å²) in [6.45, 7) is 8.55. The molecular weight excluding hydrogens is 220 g/mol. The fourth-order valence-electron chi connectivity index (χ4n) is 2.03. The second kappa shape index (κ2) is 6.00. The highest BCUT2D eigenvalue weighted by Crippen LogP contribution is 2.13. The topological polar surface area (TPSA) is 58.6 Å². The fraction of sp³-hybridized carbons (Fsp3) is 0.833. The zero-order valence-corrected chi connectivity index (χ0v) is 11.0. The van der Waals surface area contributed by atoms with E-state index in [1.165, 1.54) is 0 Å². The van der Waals surface area contributed by atoms with Gasteiger partial charge in [0.1, 0.15) is 12.1 Å². The Morgan fingerprint density at radius 2 is 2.06 bits per heavy atom. The highest BCUT2D eigenvalue weighted by Gasteiger charge is 2.37. The average Bonchev–Trinajstić information content (AvgIpc) is 2.29. The van der Waals surface area contributed by atoms with Crippen molar-refractivity contribution in [1.29, 1.82) is 0 Å². The minimum Gasteiger partial charge on any atom is -0.377 e. The molecule has 1 heterocycles. The van der Waals surface area contributed by atoms with Crippen molar-refractivity contribution in [3.63, 3.8) is 0 Å². The highest BCUT2D eigenvalue weighted by atomic mass is 16.5. The van der Waals surface area contributed by atoms with Gasteiger partial charge in [-0.2, -0.15) is 0 Å². The van der Waals surface area contributed by atoms with Crippen LogP contribution in [-0.4, -0.2) is 48.1 Å². The molecule has 0 aromatic rings. The first kappa shape index (κ1) is 14.0. The maximum absolute atomic E-state index is 12.1. The van der Waals surface area contributed by atoms with Crippen molar-refractivity contribution in [3.8, 4) is 0 Å². The number of ether oxygens (including phenoxy) is 1. The van der Waals surface area contributed by atoms with Crippen LogP contribution in [0.4, 0.5) is 0 Å². The maximum atomic E-state index is 12.1. The molecule has 1 rings (SSSR count). The zero-order chi connectivity index (χ0) is 13.0. The average molecular weight is 242 g/mol. The van der Waals surface area contributed by atoms with Crippen LogP contribution in [0.5, 0.6) is 0 Å². The molecule has 98 valence electrons. The third-order valence-electron chi connectivity index (χ3n) is 3.06. The molecule has 0 aliphatic carbocycles. The van der Waals surface area contributed by atoms with Crippen molar-refractivity contribution in [1.82, 2.24) is 10.2 Å². The Kier molecular flexibility index (Phi) is 4.93. The molecule has 0 bridgehead atoms. The van der Waals surface area contributed by atoms with E-state index in [1.54, 1.807) is 11.8 Å². The monoisotopic (exact) mass is 242 g/mol. The number of piperazine rings is 1. The smallest absolute Gasteiger partial charge is 0.245 e. The number of amides is 2. The van der Waals surface area contributed by atoms with Gasteiger partial charge in [0.05, 0.1) is 6.10 Å². The van der Waals surface area contributed by atoms with E-state index < -0.39 is 6.04 Å². The Hall–Kier alpha value is -1.10. The van der Waals surface area contributed by atoms with Gasteiger partial charge in [0, 0.05) is 13.2 Å². The molecule has 1 aliphatic rings. The molecule has 5 heteroatoms. The third-order valence-corrected chi connectivity index (χ3v) is 3.06. The summed E-state index contributed by atoms with van der Waals surface area (Å²) in [5, 5.41) is 2.73. The molecule has 3 atom stereocenters. The van der Waals surface area contributed by atoms with Crippen molar-refractivity contribution in [3.05, 3.63) is 0 Å². The number of nitrogens with one attached hydrogen (secondary N) is 1. The lowest BCUT2D eigenvalue weighted by Crippen LogP contribution is -2.63. The van der Waals surface area contributed by atoms with Gasteiger partial charge in [0.25, 0.3) is 0 Å². The molecule has 0 radical (unpaired) electrons. The summed E-state index contributed by atoms with van der Waals surface area (Å²) in [6, 6.07) is -0.791. The lowest BCUT2D eigenvalue weighted by atomic mass is 10.1. The van der Waals surface area contributed by atoms with Crippen molar-refractivity contribution in [2.45, 2.75) is 52.3 Å². The molecule has 1 N–H and O–H groups in total. The number of carbonyl (C=O) groups excluding carboxylic acids is 2. The van der Waals surface area contributed by atoms with Crippen LogP contribution in [0.15, 0.2) is 0 Å². The van der Waals surface area contributed by atoms with Crippen LogP contribution in [0, 0.1) is 0 Å². The van der Waals surface area contributed by atoms with Crippen molar-refractivity contribution < 1.29 is 14.3 Å². The third kappa shape index (κ3) is 3.19. The van der Waals surface area contributed by atoms with Crippen LogP contribution in [0.3, 0.4) is 0 Å². The predicted molar refractivity (Wildman–Crippen MR) is 64.5 cm³/mol. The Morgan fingerprint density at radius 3 is 2.59 bits per heavy atom. The lowest BCUT2D eigenvalue weighted by Gasteiger charge is -2.38. The summed E-state index contributed by atoms with van der Waals surface area (Å²) < 4.78 is 5.42. The van der Waals surface area contributed by atoms with Crippen LogP contribution < -0.4 is 5.32 Å². The second-order valence-electron chi connectivity index (χ2n) is 4.40. The normalized spacial score (nSPS) is 26.9. The van der Waals surface area contributed by atoms with Gasteiger partial charge >= 0.3 is 0 Å². The van der Waals surface area contributed by atoms with Gasteiger partial charge in [-0.1, -0.05) is 6.92 Å². The van der Waals surface area contributed by atoms with E-state index in [9.17, 15) is 9.59 Å². The first-order valence-electron chi connectivity index (χ1n) is 6.23. The van der Waals surface area contributed by atoms with Crippen LogP contribution in [0.1, 0.15) is 34.1 Å². The van der Waals surface area contributed by atoms with Crippen LogP contribution in [0.25, 0.3) is 0 Å². The van der Waals surface area contributed by atoms with Crippen LogP contribution in [-0.2, 0) is 14.3 Å².